The highest BCUT2D eigenvalue weighted by atomic mass is 15.4. The van der Waals surface area contributed by atoms with Gasteiger partial charge in [-0.3, -0.25) is 0 Å². The molecule has 0 saturated heterocycles. The summed E-state index contributed by atoms with van der Waals surface area (Å²) in [6.07, 6.45) is 10.4. The smallest absolute Gasteiger partial charge is 0.102 e. The highest BCUT2D eigenvalue weighted by Crippen LogP contribution is 2.44. The molecule has 0 bridgehead atoms. The first-order valence-corrected chi connectivity index (χ1v) is 12.9. The molecule has 0 spiro atoms. The molecule has 0 fully saturated rings. The highest BCUT2D eigenvalue weighted by Gasteiger charge is 2.35. The molecule has 0 radical (unpaired) electrons. The zero-order chi connectivity index (χ0) is 25.7. The van der Waals surface area contributed by atoms with Crippen molar-refractivity contribution in [1.29, 1.82) is 0 Å². The Bertz CT molecular complexity index is 1050. The van der Waals surface area contributed by atoms with Crippen molar-refractivity contribution in [1.82, 2.24) is 9.80 Å². The van der Waals surface area contributed by atoms with Gasteiger partial charge in [0.05, 0.1) is 0 Å². The van der Waals surface area contributed by atoms with E-state index in [1.54, 1.807) is 0 Å². The Morgan fingerprint density at radius 2 is 1.00 bits per heavy atom. The molecule has 0 N–H and O–H groups in total. The lowest BCUT2D eigenvalue weighted by atomic mass is 9.67. The van der Waals surface area contributed by atoms with Crippen LogP contribution in [0.5, 0.6) is 0 Å². The fourth-order valence-corrected chi connectivity index (χ4v) is 6.38. The molecule has 0 amide bonds. The lowest BCUT2D eigenvalue weighted by Crippen LogP contribution is -2.35. The van der Waals surface area contributed by atoms with E-state index in [2.05, 4.69) is 150 Å². The SMILES string of the molecule is Cc1c(N2C=CN(C)C2C)cccc1C(C)(C)CC(C)(C)c1cccc(N2C=CN(C)[C@@H]2C)c1C. The van der Waals surface area contributed by atoms with Crippen LogP contribution in [-0.4, -0.2) is 36.2 Å². The maximum absolute atomic E-state index is 2.41. The van der Waals surface area contributed by atoms with Gasteiger partial charge >= 0.3 is 0 Å². The van der Waals surface area contributed by atoms with Crippen molar-refractivity contribution < 1.29 is 0 Å². The van der Waals surface area contributed by atoms with Gasteiger partial charge in [0, 0.05) is 50.3 Å². The molecule has 4 rings (SSSR count). The molecule has 4 nitrogen and oxygen atoms in total. The van der Waals surface area contributed by atoms with Gasteiger partial charge in [0.15, 0.2) is 0 Å². The van der Waals surface area contributed by atoms with Crippen molar-refractivity contribution in [3.05, 3.63) is 83.5 Å². The van der Waals surface area contributed by atoms with E-state index in [-0.39, 0.29) is 10.8 Å². The second-order valence-electron chi connectivity index (χ2n) is 11.8. The van der Waals surface area contributed by atoms with E-state index in [9.17, 15) is 0 Å². The van der Waals surface area contributed by atoms with Gasteiger partial charge in [0.1, 0.15) is 12.3 Å². The van der Waals surface area contributed by atoms with Gasteiger partial charge in [-0.15, -0.1) is 0 Å². The summed E-state index contributed by atoms with van der Waals surface area (Å²) in [7, 11) is 4.28. The summed E-state index contributed by atoms with van der Waals surface area (Å²) in [5, 5.41) is 0. The van der Waals surface area contributed by atoms with E-state index < -0.39 is 0 Å². The standard InChI is InChI=1S/C31H44N4/c1-22-26(13-11-15-28(22)34-19-17-32(9)24(34)3)30(5,6)21-31(7,8)27-14-12-16-29(23(27)2)35-20-18-33(10)25(35)4/h11-20,24-25H,21H2,1-10H3/t24-,25?/m0/s1. The van der Waals surface area contributed by atoms with Crippen molar-refractivity contribution in [3.8, 4) is 0 Å². The number of hydrogen-bond donors (Lipinski definition) is 0. The van der Waals surface area contributed by atoms with E-state index >= 15 is 0 Å². The van der Waals surface area contributed by atoms with Gasteiger partial charge in [0.2, 0.25) is 0 Å². The highest BCUT2D eigenvalue weighted by molar-refractivity contribution is 5.62. The van der Waals surface area contributed by atoms with Gasteiger partial charge in [-0.1, -0.05) is 52.0 Å². The van der Waals surface area contributed by atoms with Gasteiger partial charge in [-0.05, 0) is 79.3 Å². The second kappa shape index (κ2) is 8.96. The molecule has 2 aromatic carbocycles. The molecular weight excluding hydrogens is 428 g/mol. The van der Waals surface area contributed by atoms with Gasteiger partial charge in [-0.25, -0.2) is 0 Å². The average molecular weight is 473 g/mol. The van der Waals surface area contributed by atoms with Crippen LogP contribution < -0.4 is 9.80 Å². The van der Waals surface area contributed by atoms with Crippen LogP contribution >= 0.6 is 0 Å². The van der Waals surface area contributed by atoms with Gasteiger partial charge < -0.3 is 19.6 Å². The minimum atomic E-state index is 0.0195. The first kappa shape index (κ1) is 25.2. The normalized spacial score (nSPS) is 20.5. The molecular formula is C31H44N4. The predicted octanol–water partition coefficient (Wildman–Crippen LogP) is 7.09. The number of rotatable bonds is 6. The Hall–Kier alpha value is -2.88. The summed E-state index contributed by atoms with van der Waals surface area (Å²) in [5.41, 5.74) is 8.28. The maximum Gasteiger partial charge on any atom is 0.102 e. The number of benzene rings is 2. The average Bonchev–Trinajstić information content (AvgIpc) is 3.29. The first-order valence-electron chi connectivity index (χ1n) is 12.9. The summed E-state index contributed by atoms with van der Waals surface area (Å²) in [5.74, 6) is 0. The molecule has 35 heavy (non-hydrogen) atoms. The molecule has 0 aromatic heterocycles. The van der Waals surface area contributed by atoms with Crippen molar-refractivity contribution in [2.45, 2.75) is 85.0 Å². The van der Waals surface area contributed by atoms with Crippen molar-refractivity contribution in [2.75, 3.05) is 23.9 Å². The fourth-order valence-electron chi connectivity index (χ4n) is 6.38. The summed E-state index contributed by atoms with van der Waals surface area (Å²) in [6.45, 7) is 18.7. The van der Waals surface area contributed by atoms with E-state index in [4.69, 9.17) is 0 Å². The van der Waals surface area contributed by atoms with E-state index in [1.165, 1.54) is 33.6 Å². The van der Waals surface area contributed by atoms with Crippen LogP contribution in [0.15, 0.2) is 61.2 Å². The minimum Gasteiger partial charge on any atom is -0.359 e. The Balaban J connectivity index is 1.65. The molecule has 2 aromatic rings. The molecule has 4 heteroatoms. The second-order valence-corrected chi connectivity index (χ2v) is 11.8. The maximum atomic E-state index is 2.41. The Kier molecular flexibility index (Phi) is 6.46. The van der Waals surface area contributed by atoms with Crippen LogP contribution in [0.4, 0.5) is 11.4 Å². The van der Waals surface area contributed by atoms with Crippen molar-refractivity contribution >= 4 is 11.4 Å². The fraction of sp³-hybridized carbons (Fsp3) is 0.484. The van der Waals surface area contributed by atoms with Crippen LogP contribution in [0.3, 0.4) is 0 Å². The molecule has 0 aliphatic carbocycles. The molecule has 2 heterocycles. The number of hydrogen-bond acceptors (Lipinski definition) is 4. The van der Waals surface area contributed by atoms with Gasteiger partial charge in [-0.2, -0.15) is 0 Å². The third kappa shape index (κ3) is 4.44. The Morgan fingerprint density at radius 3 is 1.31 bits per heavy atom. The van der Waals surface area contributed by atoms with Crippen LogP contribution in [0, 0.1) is 13.8 Å². The molecule has 2 atom stereocenters. The summed E-state index contributed by atoms with van der Waals surface area (Å²) in [4.78, 5) is 9.28. The third-order valence-electron chi connectivity index (χ3n) is 8.42. The van der Waals surface area contributed by atoms with E-state index in [0.717, 1.165) is 6.42 Å². The number of nitrogens with zero attached hydrogens (tertiary/aromatic N) is 4. The zero-order valence-corrected chi connectivity index (χ0v) is 23.4. The largest absolute Gasteiger partial charge is 0.359 e. The molecule has 2 aliphatic rings. The third-order valence-corrected chi connectivity index (χ3v) is 8.42. The molecule has 188 valence electrons. The topological polar surface area (TPSA) is 13.0 Å². The van der Waals surface area contributed by atoms with E-state index in [0.29, 0.717) is 12.3 Å². The first-order chi connectivity index (χ1) is 16.3. The van der Waals surface area contributed by atoms with Crippen LogP contribution in [-0.2, 0) is 10.8 Å². The van der Waals surface area contributed by atoms with Crippen LogP contribution in [0.25, 0.3) is 0 Å². The summed E-state index contributed by atoms with van der Waals surface area (Å²) in [6, 6.07) is 13.6. The lowest BCUT2D eigenvalue weighted by molar-refractivity contribution is 0.346. The van der Waals surface area contributed by atoms with Crippen LogP contribution in [0.2, 0.25) is 0 Å². The molecule has 2 aliphatic heterocycles. The number of anilines is 2. The quantitative estimate of drug-likeness (QED) is 0.445. The minimum absolute atomic E-state index is 0.0195. The molecule has 0 saturated carbocycles. The lowest BCUT2D eigenvalue weighted by Gasteiger charge is -2.39. The zero-order valence-electron chi connectivity index (χ0n) is 23.4. The molecule has 1 unspecified atom stereocenters. The van der Waals surface area contributed by atoms with E-state index in [1.807, 2.05) is 0 Å². The van der Waals surface area contributed by atoms with Gasteiger partial charge in [0.25, 0.3) is 0 Å². The van der Waals surface area contributed by atoms with Crippen LogP contribution in [0.1, 0.15) is 70.2 Å². The summed E-state index contributed by atoms with van der Waals surface area (Å²) >= 11 is 0. The predicted molar refractivity (Wildman–Crippen MR) is 151 cm³/mol. The Labute approximate surface area is 213 Å². The Morgan fingerprint density at radius 1 is 0.629 bits per heavy atom. The summed E-state index contributed by atoms with van der Waals surface area (Å²) < 4.78 is 0. The van der Waals surface area contributed by atoms with Crippen molar-refractivity contribution in [3.63, 3.8) is 0 Å². The monoisotopic (exact) mass is 472 g/mol. The van der Waals surface area contributed by atoms with Crippen molar-refractivity contribution in [2.24, 2.45) is 0 Å².